The van der Waals surface area contributed by atoms with Crippen molar-refractivity contribution in [3.8, 4) is 0 Å². The van der Waals surface area contributed by atoms with Crippen LogP contribution < -0.4 is 0 Å². The second kappa shape index (κ2) is 3.15. The minimum atomic E-state index is -0.578. The second-order valence-electron chi connectivity index (χ2n) is 4.64. The fourth-order valence-electron chi connectivity index (χ4n) is 2.34. The van der Waals surface area contributed by atoms with Gasteiger partial charge in [-0.25, -0.2) is 0 Å². The maximum Gasteiger partial charge on any atom is 0.190 e. The summed E-state index contributed by atoms with van der Waals surface area (Å²) in [6.45, 7) is 6.19. The average Bonchev–Trinajstić information content (AvgIpc) is 2.58. The van der Waals surface area contributed by atoms with Gasteiger partial charge in [-0.05, 0) is 20.8 Å². The SMILES string of the molecule is CC1OCC2OC3OC(C)(C)O[C@@H]3[C@H]2O1. The van der Waals surface area contributed by atoms with Crippen LogP contribution in [-0.2, 0) is 23.7 Å². The number of hydrogen-bond acceptors (Lipinski definition) is 5. The molecule has 3 aliphatic heterocycles. The van der Waals surface area contributed by atoms with Gasteiger partial charge in [-0.2, -0.15) is 0 Å². The minimum Gasteiger partial charge on any atom is -0.350 e. The second-order valence-corrected chi connectivity index (χ2v) is 4.64. The monoisotopic (exact) mass is 216 g/mol. The lowest BCUT2D eigenvalue weighted by atomic mass is 10.1. The molecule has 0 amide bonds. The molecule has 15 heavy (non-hydrogen) atoms. The van der Waals surface area contributed by atoms with Crippen LogP contribution in [-0.4, -0.2) is 43.3 Å². The van der Waals surface area contributed by atoms with E-state index in [-0.39, 0.29) is 30.9 Å². The summed E-state index contributed by atoms with van der Waals surface area (Å²) in [5.41, 5.74) is 0. The highest BCUT2D eigenvalue weighted by molar-refractivity contribution is 4.95. The third-order valence-corrected chi connectivity index (χ3v) is 2.93. The Morgan fingerprint density at radius 3 is 2.67 bits per heavy atom. The van der Waals surface area contributed by atoms with Crippen molar-refractivity contribution in [1.82, 2.24) is 0 Å². The third-order valence-electron chi connectivity index (χ3n) is 2.93. The summed E-state index contributed by atoms with van der Waals surface area (Å²) in [6, 6.07) is 0. The molecule has 86 valence electrons. The van der Waals surface area contributed by atoms with Crippen molar-refractivity contribution in [3.05, 3.63) is 0 Å². The molecule has 3 aliphatic rings. The molecule has 3 fully saturated rings. The van der Waals surface area contributed by atoms with E-state index in [2.05, 4.69) is 0 Å². The van der Waals surface area contributed by atoms with Crippen molar-refractivity contribution in [1.29, 1.82) is 0 Å². The highest BCUT2D eigenvalue weighted by Crippen LogP contribution is 2.40. The predicted octanol–water partition coefficient (Wildman–Crippen LogP) is 0.624. The fraction of sp³-hybridized carbons (Fsp3) is 1.00. The molecule has 0 bridgehead atoms. The summed E-state index contributed by atoms with van der Waals surface area (Å²) in [5, 5.41) is 0. The van der Waals surface area contributed by atoms with Crippen molar-refractivity contribution in [2.45, 2.75) is 57.5 Å². The van der Waals surface area contributed by atoms with E-state index in [4.69, 9.17) is 23.7 Å². The van der Waals surface area contributed by atoms with E-state index in [1.807, 2.05) is 20.8 Å². The van der Waals surface area contributed by atoms with Gasteiger partial charge in [0.15, 0.2) is 18.4 Å². The van der Waals surface area contributed by atoms with E-state index < -0.39 is 5.79 Å². The van der Waals surface area contributed by atoms with Gasteiger partial charge in [-0.15, -0.1) is 0 Å². The van der Waals surface area contributed by atoms with Crippen molar-refractivity contribution < 1.29 is 23.7 Å². The summed E-state index contributed by atoms with van der Waals surface area (Å²) < 4.78 is 28.1. The minimum absolute atomic E-state index is 0.0627. The van der Waals surface area contributed by atoms with Crippen molar-refractivity contribution in [2.24, 2.45) is 0 Å². The number of ether oxygens (including phenoxy) is 5. The Morgan fingerprint density at radius 2 is 1.87 bits per heavy atom. The Morgan fingerprint density at radius 1 is 1.07 bits per heavy atom. The van der Waals surface area contributed by atoms with Crippen LogP contribution in [0.4, 0.5) is 0 Å². The van der Waals surface area contributed by atoms with Crippen LogP contribution >= 0.6 is 0 Å². The van der Waals surface area contributed by atoms with Crippen molar-refractivity contribution in [3.63, 3.8) is 0 Å². The Kier molecular flexibility index (Phi) is 2.10. The first kappa shape index (κ1) is 9.99. The van der Waals surface area contributed by atoms with Gasteiger partial charge in [0.25, 0.3) is 0 Å². The van der Waals surface area contributed by atoms with Gasteiger partial charge < -0.3 is 23.7 Å². The van der Waals surface area contributed by atoms with Crippen LogP contribution in [0, 0.1) is 0 Å². The summed E-state index contributed by atoms with van der Waals surface area (Å²) >= 11 is 0. The summed E-state index contributed by atoms with van der Waals surface area (Å²) in [7, 11) is 0. The van der Waals surface area contributed by atoms with Gasteiger partial charge >= 0.3 is 0 Å². The van der Waals surface area contributed by atoms with E-state index in [0.717, 1.165) is 0 Å². The zero-order valence-corrected chi connectivity index (χ0v) is 9.14. The van der Waals surface area contributed by atoms with Gasteiger partial charge in [0, 0.05) is 0 Å². The molecular formula is C10H16O5. The average molecular weight is 216 g/mol. The number of hydrogen-bond donors (Lipinski definition) is 0. The molecule has 0 N–H and O–H groups in total. The first-order valence-corrected chi connectivity index (χ1v) is 5.33. The number of rotatable bonds is 0. The van der Waals surface area contributed by atoms with Gasteiger partial charge in [0.1, 0.15) is 18.3 Å². The molecule has 0 saturated carbocycles. The molecule has 0 aromatic heterocycles. The van der Waals surface area contributed by atoms with E-state index in [0.29, 0.717) is 6.61 Å². The van der Waals surface area contributed by atoms with Crippen LogP contribution in [0.1, 0.15) is 20.8 Å². The van der Waals surface area contributed by atoms with Gasteiger partial charge in [0.2, 0.25) is 0 Å². The standard InChI is InChI=1S/C10H16O5/c1-5-11-4-6-7(12-5)8-9(13-6)15-10(2,3)14-8/h5-9H,4H2,1-3H3/t5?,6?,7-,8+,9?/m0/s1. The van der Waals surface area contributed by atoms with E-state index in [9.17, 15) is 0 Å². The molecule has 0 aromatic rings. The lowest BCUT2D eigenvalue weighted by Crippen LogP contribution is -2.45. The highest BCUT2D eigenvalue weighted by Gasteiger charge is 2.57. The molecule has 5 nitrogen and oxygen atoms in total. The molecule has 0 radical (unpaired) electrons. The Hall–Kier alpha value is -0.200. The van der Waals surface area contributed by atoms with Gasteiger partial charge in [-0.1, -0.05) is 0 Å². The molecule has 5 heteroatoms. The first-order valence-electron chi connectivity index (χ1n) is 5.33. The Labute approximate surface area is 88.6 Å². The molecule has 5 atom stereocenters. The van der Waals surface area contributed by atoms with Crippen LogP contribution in [0.25, 0.3) is 0 Å². The molecule has 3 unspecified atom stereocenters. The largest absolute Gasteiger partial charge is 0.350 e. The summed E-state index contributed by atoms with van der Waals surface area (Å²) in [4.78, 5) is 0. The lowest BCUT2D eigenvalue weighted by Gasteiger charge is -2.32. The summed E-state index contributed by atoms with van der Waals surface area (Å²) in [6.07, 6.45) is -0.769. The molecule has 0 aliphatic carbocycles. The van der Waals surface area contributed by atoms with E-state index in [1.165, 1.54) is 0 Å². The summed E-state index contributed by atoms with van der Waals surface area (Å²) in [5.74, 6) is -0.578. The van der Waals surface area contributed by atoms with Gasteiger partial charge in [0.05, 0.1) is 6.61 Å². The smallest absolute Gasteiger partial charge is 0.190 e. The maximum atomic E-state index is 5.76. The fourth-order valence-corrected chi connectivity index (χ4v) is 2.34. The Balaban J connectivity index is 1.77. The molecule has 3 rings (SSSR count). The molecule has 0 spiro atoms. The predicted molar refractivity (Wildman–Crippen MR) is 49.0 cm³/mol. The Bertz CT molecular complexity index is 267. The van der Waals surface area contributed by atoms with E-state index in [1.54, 1.807) is 0 Å². The van der Waals surface area contributed by atoms with Crippen LogP contribution in [0.15, 0.2) is 0 Å². The zero-order chi connectivity index (χ0) is 10.6. The topological polar surface area (TPSA) is 46.2 Å². The molecule has 3 heterocycles. The third kappa shape index (κ3) is 1.59. The molecular weight excluding hydrogens is 200 g/mol. The molecule has 0 aromatic carbocycles. The first-order chi connectivity index (χ1) is 7.05. The highest BCUT2D eigenvalue weighted by atomic mass is 16.9. The van der Waals surface area contributed by atoms with Gasteiger partial charge in [-0.3, -0.25) is 0 Å². The zero-order valence-electron chi connectivity index (χ0n) is 9.14. The van der Waals surface area contributed by atoms with Crippen molar-refractivity contribution >= 4 is 0 Å². The van der Waals surface area contributed by atoms with Crippen LogP contribution in [0.5, 0.6) is 0 Å². The maximum absolute atomic E-state index is 5.76. The lowest BCUT2D eigenvalue weighted by molar-refractivity contribution is -0.277. The number of fused-ring (bicyclic) bond motifs is 3. The van der Waals surface area contributed by atoms with E-state index >= 15 is 0 Å². The van der Waals surface area contributed by atoms with Crippen LogP contribution in [0.3, 0.4) is 0 Å². The van der Waals surface area contributed by atoms with Crippen molar-refractivity contribution in [2.75, 3.05) is 6.61 Å². The van der Waals surface area contributed by atoms with Crippen LogP contribution in [0.2, 0.25) is 0 Å². The quantitative estimate of drug-likeness (QED) is 0.594. The normalized spacial score (nSPS) is 52.6. The molecule has 3 saturated heterocycles.